The molecule has 1 heterocycles. The van der Waals surface area contributed by atoms with Crippen molar-refractivity contribution in [1.82, 2.24) is 25.4 Å². The topological polar surface area (TPSA) is 76.4 Å². The van der Waals surface area contributed by atoms with Gasteiger partial charge in [-0.25, -0.2) is 9.37 Å². The van der Waals surface area contributed by atoms with Crippen molar-refractivity contribution in [3.8, 4) is 5.75 Å². The van der Waals surface area contributed by atoms with Crippen LogP contribution in [0.25, 0.3) is 0 Å². The number of nitrogens with one attached hydrogen (secondary N) is 2. The van der Waals surface area contributed by atoms with E-state index < -0.39 is 0 Å². The maximum atomic E-state index is 12.8. The van der Waals surface area contributed by atoms with E-state index in [0.29, 0.717) is 31.4 Å². The molecule has 1 aromatic carbocycles. The maximum Gasteiger partial charge on any atom is 0.191 e. The first kappa shape index (κ1) is 16.7. The highest BCUT2D eigenvalue weighted by Gasteiger charge is 2.02. The van der Waals surface area contributed by atoms with Crippen LogP contribution in [0.2, 0.25) is 0 Å². The standard InChI is InChI=1S/C15H21FN6O/c1-17-15(19-10-14-20-11-21-22(14)2)18-8-3-9-23-13-6-4-12(16)5-7-13/h4-7,11H,3,8-10H2,1-2H3,(H2,17,18,19). The van der Waals surface area contributed by atoms with E-state index in [0.717, 1.165) is 12.2 Å². The number of halogens is 1. The second kappa shape index (κ2) is 8.72. The highest BCUT2D eigenvalue weighted by atomic mass is 19.1. The summed E-state index contributed by atoms with van der Waals surface area (Å²) < 4.78 is 20.0. The number of aliphatic imine (C=N–C) groups is 1. The summed E-state index contributed by atoms with van der Waals surface area (Å²) in [6.45, 7) is 1.79. The second-order valence-electron chi connectivity index (χ2n) is 4.81. The van der Waals surface area contributed by atoms with E-state index in [-0.39, 0.29) is 5.82 Å². The molecule has 124 valence electrons. The molecular formula is C15H21FN6O. The van der Waals surface area contributed by atoms with E-state index in [4.69, 9.17) is 4.74 Å². The van der Waals surface area contributed by atoms with Gasteiger partial charge in [-0.1, -0.05) is 0 Å². The molecule has 0 spiro atoms. The van der Waals surface area contributed by atoms with Gasteiger partial charge in [0, 0.05) is 20.6 Å². The molecule has 2 aromatic rings. The van der Waals surface area contributed by atoms with Crippen LogP contribution in [0.4, 0.5) is 4.39 Å². The van der Waals surface area contributed by atoms with Crippen LogP contribution in [-0.2, 0) is 13.6 Å². The Balaban J connectivity index is 1.62. The van der Waals surface area contributed by atoms with Gasteiger partial charge in [-0.15, -0.1) is 0 Å². The third-order valence-electron chi connectivity index (χ3n) is 3.14. The van der Waals surface area contributed by atoms with Crippen LogP contribution in [0.15, 0.2) is 35.6 Å². The van der Waals surface area contributed by atoms with Crippen molar-refractivity contribution in [3.05, 3.63) is 42.2 Å². The van der Waals surface area contributed by atoms with Crippen molar-refractivity contribution in [2.24, 2.45) is 12.0 Å². The minimum Gasteiger partial charge on any atom is -0.494 e. The smallest absolute Gasteiger partial charge is 0.191 e. The third kappa shape index (κ3) is 5.57. The summed E-state index contributed by atoms with van der Waals surface area (Å²) in [5, 5.41) is 10.4. The van der Waals surface area contributed by atoms with Crippen molar-refractivity contribution in [3.63, 3.8) is 0 Å². The number of guanidine groups is 1. The van der Waals surface area contributed by atoms with Gasteiger partial charge in [0.15, 0.2) is 5.96 Å². The van der Waals surface area contributed by atoms with E-state index in [1.54, 1.807) is 23.9 Å². The third-order valence-corrected chi connectivity index (χ3v) is 3.14. The summed E-state index contributed by atoms with van der Waals surface area (Å²) in [6, 6.07) is 5.99. The van der Waals surface area contributed by atoms with Gasteiger partial charge in [-0.2, -0.15) is 5.10 Å². The van der Waals surface area contributed by atoms with Gasteiger partial charge in [-0.3, -0.25) is 9.67 Å². The highest BCUT2D eigenvalue weighted by molar-refractivity contribution is 5.79. The number of nitrogens with zero attached hydrogens (tertiary/aromatic N) is 4. The molecule has 0 aliphatic heterocycles. The first-order chi connectivity index (χ1) is 11.2. The lowest BCUT2D eigenvalue weighted by atomic mass is 10.3. The average Bonchev–Trinajstić information content (AvgIpc) is 2.97. The number of ether oxygens (including phenoxy) is 1. The lowest BCUT2D eigenvalue weighted by molar-refractivity contribution is 0.310. The molecule has 8 heteroatoms. The van der Waals surface area contributed by atoms with Gasteiger partial charge < -0.3 is 15.4 Å². The van der Waals surface area contributed by atoms with Crippen molar-refractivity contribution in [2.45, 2.75) is 13.0 Å². The van der Waals surface area contributed by atoms with E-state index in [2.05, 4.69) is 25.7 Å². The monoisotopic (exact) mass is 320 g/mol. The fraction of sp³-hybridized carbons (Fsp3) is 0.400. The first-order valence-electron chi connectivity index (χ1n) is 7.35. The van der Waals surface area contributed by atoms with Crippen LogP contribution in [0.3, 0.4) is 0 Å². The molecule has 23 heavy (non-hydrogen) atoms. The Morgan fingerprint density at radius 2 is 2.09 bits per heavy atom. The number of rotatable bonds is 7. The predicted octanol–water partition coefficient (Wildman–Crippen LogP) is 1.09. The SMILES string of the molecule is CN=C(NCCCOc1ccc(F)cc1)NCc1ncnn1C. The molecule has 2 N–H and O–H groups in total. The van der Waals surface area contributed by atoms with Crippen LogP contribution in [0.1, 0.15) is 12.2 Å². The molecule has 0 amide bonds. The zero-order valence-electron chi connectivity index (χ0n) is 13.3. The Hall–Kier alpha value is -2.64. The van der Waals surface area contributed by atoms with E-state index >= 15 is 0 Å². The van der Waals surface area contributed by atoms with Gasteiger partial charge in [0.2, 0.25) is 0 Å². The predicted molar refractivity (Wildman–Crippen MR) is 85.7 cm³/mol. The number of aromatic nitrogens is 3. The minimum atomic E-state index is -0.267. The Morgan fingerprint density at radius 3 is 2.74 bits per heavy atom. The molecule has 0 aliphatic carbocycles. The van der Waals surface area contributed by atoms with Crippen LogP contribution < -0.4 is 15.4 Å². The van der Waals surface area contributed by atoms with Crippen LogP contribution >= 0.6 is 0 Å². The zero-order chi connectivity index (χ0) is 16.5. The van der Waals surface area contributed by atoms with E-state index in [1.807, 2.05) is 7.05 Å². The van der Waals surface area contributed by atoms with Crippen molar-refractivity contribution in [2.75, 3.05) is 20.2 Å². The lowest BCUT2D eigenvalue weighted by Gasteiger charge is -2.12. The normalized spacial score (nSPS) is 11.3. The minimum absolute atomic E-state index is 0.267. The van der Waals surface area contributed by atoms with Gasteiger partial charge in [0.25, 0.3) is 0 Å². The summed E-state index contributed by atoms with van der Waals surface area (Å²) in [7, 11) is 3.55. The fourth-order valence-electron chi connectivity index (χ4n) is 1.86. The molecule has 0 unspecified atom stereocenters. The van der Waals surface area contributed by atoms with Crippen LogP contribution in [-0.4, -0.2) is 40.9 Å². The van der Waals surface area contributed by atoms with Gasteiger partial charge in [0.1, 0.15) is 23.7 Å². The molecule has 0 bridgehead atoms. The zero-order valence-corrected chi connectivity index (χ0v) is 13.3. The Morgan fingerprint density at radius 1 is 1.30 bits per heavy atom. The number of hydrogen-bond acceptors (Lipinski definition) is 4. The largest absolute Gasteiger partial charge is 0.494 e. The van der Waals surface area contributed by atoms with Gasteiger partial charge in [-0.05, 0) is 30.7 Å². The average molecular weight is 320 g/mol. The van der Waals surface area contributed by atoms with Crippen molar-refractivity contribution in [1.29, 1.82) is 0 Å². The highest BCUT2D eigenvalue weighted by Crippen LogP contribution is 2.10. The molecule has 1 aromatic heterocycles. The molecular weight excluding hydrogens is 299 g/mol. The molecule has 0 saturated carbocycles. The van der Waals surface area contributed by atoms with Crippen LogP contribution in [0, 0.1) is 5.82 Å². The molecule has 0 radical (unpaired) electrons. The number of hydrogen-bond donors (Lipinski definition) is 2. The summed E-state index contributed by atoms with van der Waals surface area (Å²) >= 11 is 0. The summed E-state index contributed by atoms with van der Waals surface area (Å²) in [5.41, 5.74) is 0. The molecule has 0 atom stereocenters. The second-order valence-corrected chi connectivity index (χ2v) is 4.81. The Kier molecular flexibility index (Phi) is 6.34. The molecule has 0 aliphatic rings. The molecule has 0 fully saturated rings. The lowest BCUT2D eigenvalue weighted by Crippen LogP contribution is -2.38. The number of aryl methyl sites for hydroxylation is 1. The Bertz CT molecular complexity index is 625. The maximum absolute atomic E-state index is 12.8. The first-order valence-corrected chi connectivity index (χ1v) is 7.35. The molecule has 2 rings (SSSR count). The fourth-order valence-corrected chi connectivity index (χ4v) is 1.86. The van der Waals surface area contributed by atoms with Crippen molar-refractivity contribution >= 4 is 5.96 Å². The van der Waals surface area contributed by atoms with Gasteiger partial charge in [0.05, 0.1) is 13.2 Å². The van der Waals surface area contributed by atoms with E-state index in [9.17, 15) is 4.39 Å². The number of benzene rings is 1. The summed E-state index contributed by atoms with van der Waals surface area (Å²) in [5.74, 6) is 1.91. The van der Waals surface area contributed by atoms with E-state index in [1.165, 1.54) is 18.5 Å². The van der Waals surface area contributed by atoms with Gasteiger partial charge >= 0.3 is 0 Å². The summed E-state index contributed by atoms with van der Waals surface area (Å²) in [4.78, 5) is 8.27. The quantitative estimate of drug-likeness (QED) is 0.454. The Labute approximate surface area is 134 Å². The van der Waals surface area contributed by atoms with Crippen LogP contribution in [0.5, 0.6) is 5.75 Å². The molecule has 0 saturated heterocycles. The van der Waals surface area contributed by atoms with Crippen molar-refractivity contribution < 1.29 is 9.13 Å². The molecule has 7 nitrogen and oxygen atoms in total. The summed E-state index contributed by atoms with van der Waals surface area (Å²) in [6.07, 6.45) is 2.31.